The first-order valence-corrected chi connectivity index (χ1v) is 13.0. The Morgan fingerprint density at radius 2 is 2.02 bits per heavy atom. The highest BCUT2D eigenvalue weighted by molar-refractivity contribution is 5.96. The molecule has 41 heavy (non-hydrogen) atoms. The van der Waals surface area contributed by atoms with Gasteiger partial charge in [-0.05, 0) is 43.0 Å². The molecule has 0 aromatic carbocycles. The summed E-state index contributed by atoms with van der Waals surface area (Å²) in [5.74, 6) is -1.19. The zero-order valence-corrected chi connectivity index (χ0v) is 23.7. The molecule has 3 N–H and O–H groups in total. The molecule has 0 spiro atoms. The topological polar surface area (TPSA) is 148 Å². The van der Waals surface area contributed by atoms with E-state index in [0.717, 1.165) is 6.20 Å². The van der Waals surface area contributed by atoms with Gasteiger partial charge in [0, 0.05) is 26.0 Å². The van der Waals surface area contributed by atoms with Crippen LogP contribution in [0.1, 0.15) is 32.4 Å². The number of aromatic amines is 1. The molecule has 3 rings (SSSR count). The molecule has 0 radical (unpaired) electrons. The highest BCUT2D eigenvalue weighted by Gasteiger charge is 2.22. The summed E-state index contributed by atoms with van der Waals surface area (Å²) < 4.78 is 26.1. The number of alkyl carbamates (subject to hydrolysis) is 1. The van der Waals surface area contributed by atoms with E-state index in [2.05, 4.69) is 25.3 Å². The van der Waals surface area contributed by atoms with Crippen LogP contribution in [-0.2, 0) is 20.9 Å². The van der Waals surface area contributed by atoms with Gasteiger partial charge in [0.1, 0.15) is 17.2 Å². The number of ether oxygens (including phenoxy) is 2. The first-order valence-electron chi connectivity index (χ1n) is 13.0. The minimum atomic E-state index is -1.03. The fraction of sp³-hybridized carbons (Fsp3) is 0.393. The van der Waals surface area contributed by atoms with Gasteiger partial charge in [0.15, 0.2) is 11.6 Å². The summed E-state index contributed by atoms with van der Waals surface area (Å²) in [5.41, 5.74) is 0.936. The summed E-state index contributed by atoms with van der Waals surface area (Å²) >= 11 is 0. The summed E-state index contributed by atoms with van der Waals surface area (Å²) in [6, 6.07) is 3.70. The average molecular weight is 571 g/mol. The van der Waals surface area contributed by atoms with Crippen LogP contribution in [0.3, 0.4) is 0 Å². The van der Waals surface area contributed by atoms with E-state index in [1.54, 1.807) is 38.5 Å². The van der Waals surface area contributed by atoms with Crippen LogP contribution in [0.15, 0.2) is 47.5 Å². The molecule has 3 amide bonds. The molecule has 0 aliphatic heterocycles. The van der Waals surface area contributed by atoms with Gasteiger partial charge in [-0.15, -0.1) is 0 Å². The molecule has 0 bridgehead atoms. The molecule has 0 saturated carbocycles. The summed E-state index contributed by atoms with van der Waals surface area (Å²) in [5, 5.41) is 5.02. The molecule has 3 aromatic heterocycles. The highest BCUT2D eigenvalue weighted by atomic mass is 19.1. The van der Waals surface area contributed by atoms with Gasteiger partial charge in [0.25, 0.3) is 5.56 Å². The van der Waals surface area contributed by atoms with Crippen LogP contribution in [0, 0.1) is 11.7 Å². The lowest BCUT2D eigenvalue weighted by Gasteiger charge is -2.17. The van der Waals surface area contributed by atoms with Crippen molar-refractivity contribution in [2.45, 2.75) is 39.3 Å². The third-order valence-electron chi connectivity index (χ3n) is 5.91. The van der Waals surface area contributed by atoms with Crippen LogP contribution < -0.4 is 20.9 Å². The van der Waals surface area contributed by atoms with Crippen molar-refractivity contribution in [3.05, 3.63) is 64.6 Å². The van der Waals surface area contributed by atoms with E-state index in [9.17, 15) is 23.6 Å². The SMILES string of the molecule is COC(=O)N[C@@H](CC/C=C/C(=O)N(C)C)C(=O)Nc1cccn(Cc2cc3ncc(F)c(OCC(C)C)c3[nH]2)c1=O. The molecular weight excluding hydrogens is 535 g/mol. The first-order chi connectivity index (χ1) is 19.5. The number of halogens is 1. The van der Waals surface area contributed by atoms with Crippen LogP contribution in [0.25, 0.3) is 11.0 Å². The van der Waals surface area contributed by atoms with Gasteiger partial charge in [-0.1, -0.05) is 19.9 Å². The van der Waals surface area contributed by atoms with Crippen LogP contribution >= 0.6 is 0 Å². The molecule has 220 valence electrons. The number of likely N-dealkylation sites (N-methyl/N-ethyl adjacent to an activating group) is 1. The monoisotopic (exact) mass is 570 g/mol. The third kappa shape index (κ3) is 8.40. The smallest absolute Gasteiger partial charge is 0.407 e. The maximum Gasteiger partial charge on any atom is 0.407 e. The minimum Gasteiger partial charge on any atom is -0.488 e. The molecule has 13 heteroatoms. The fourth-order valence-electron chi connectivity index (χ4n) is 3.78. The lowest BCUT2D eigenvalue weighted by atomic mass is 10.1. The largest absolute Gasteiger partial charge is 0.488 e. The van der Waals surface area contributed by atoms with Gasteiger partial charge in [-0.2, -0.15) is 0 Å². The van der Waals surface area contributed by atoms with Crippen molar-refractivity contribution >= 4 is 34.6 Å². The number of hydrogen-bond acceptors (Lipinski definition) is 7. The Morgan fingerprint density at radius 1 is 1.27 bits per heavy atom. The Balaban J connectivity index is 1.77. The quantitative estimate of drug-likeness (QED) is 0.284. The number of carbonyl (C=O) groups excluding carboxylic acids is 3. The number of pyridine rings is 2. The number of allylic oxidation sites excluding steroid dienone is 1. The number of carbonyl (C=O) groups is 3. The highest BCUT2D eigenvalue weighted by Crippen LogP contribution is 2.28. The van der Waals surface area contributed by atoms with Crippen LogP contribution in [-0.4, -0.2) is 71.2 Å². The molecule has 0 aliphatic carbocycles. The van der Waals surface area contributed by atoms with Gasteiger partial charge >= 0.3 is 6.09 Å². The van der Waals surface area contributed by atoms with Gasteiger partial charge < -0.3 is 34.6 Å². The number of methoxy groups -OCH3 is 1. The molecule has 1 atom stereocenters. The second kappa shape index (κ2) is 14.1. The summed E-state index contributed by atoms with van der Waals surface area (Å²) in [7, 11) is 4.40. The van der Waals surface area contributed by atoms with E-state index in [1.165, 1.54) is 28.7 Å². The van der Waals surface area contributed by atoms with E-state index >= 15 is 0 Å². The molecule has 12 nitrogen and oxygen atoms in total. The maximum atomic E-state index is 14.4. The number of aromatic nitrogens is 3. The molecule has 0 unspecified atom stereocenters. The van der Waals surface area contributed by atoms with Crippen molar-refractivity contribution in [2.24, 2.45) is 5.92 Å². The number of rotatable bonds is 12. The molecule has 0 fully saturated rings. The Hall–Kier alpha value is -4.68. The first kappa shape index (κ1) is 30.9. The Bertz CT molecular complexity index is 1480. The predicted molar refractivity (Wildman–Crippen MR) is 151 cm³/mol. The average Bonchev–Trinajstić information content (AvgIpc) is 3.34. The maximum absolute atomic E-state index is 14.4. The van der Waals surface area contributed by atoms with E-state index < -0.39 is 29.4 Å². The van der Waals surface area contributed by atoms with Crippen molar-refractivity contribution in [3.63, 3.8) is 0 Å². The lowest BCUT2D eigenvalue weighted by molar-refractivity contribution is -0.123. The molecule has 3 aromatic rings. The van der Waals surface area contributed by atoms with Crippen molar-refractivity contribution < 1.29 is 28.2 Å². The van der Waals surface area contributed by atoms with Crippen molar-refractivity contribution in [3.8, 4) is 5.75 Å². The fourth-order valence-corrected chi connectivity index (χ4v) is 3.78. The van der Waals surface area contributed by atoms with Crippen molar-refractivity contribution in [1.82, 2.24) is 24.8 Å². The second-order valence-corrected chi connectivity index (χ2v) is 9.94. The van der Waals surface area contributed by atoms with Crippen LogP contribution in [0.4, 0.5) is 14.9 Å². The van der Waals surface area contributed by atoms with E-state index in [4.69, 9.17) is 4.74 Å². The van der Waals surface area contributed by atoms with E-state index in [0.29, 0.717) is 29.8 Å². The number of nitrogens with zero attached hydrogens (tertiary/aromatic N) is 3. The predicted octanol–water partition coefficient (Wildman–Crippen LogP) is 3.03. The summed E-state index contributed by atoms with van der Waals surface area (Å²) in [6.07, 6.45) is 5.24. The Morgan fingerprint density at radius 3 is 2.71 bits per heavy atom. The summed E-state index contributed by atoms with van der Waals surface area (Å²) in [6.45, 7) is 4.31. The number of anilines is 1. The minimum absolute atomic E-state index is 0.00581. The standard InChI is InChI=1S/C28H35FN6O6/c1-17(2)16-41-25-19(29)14-30-22-13-18(31-24(22)25)15-35-12-8-10-21(27(35)38)32-26(37)20(33-28(39)40-5)9-6-7-11-23(36)34(3)4/h7-8,10-14,17,20,31H,6,9,15-16H2,1-5H3,(H,32,37)(H,33,39)/b11-7+/t20-/m0/s1. The number of amides is 3. The third-order valence-corrected chi connectivity index (χ3v) is 5.91. The molecule has 0 aliphatic rings. The second-order valence-electron chi connectivity index (χ2n) is 9.94. The van der Waals surface area contributed by atoms with Gasteiger partial charge in [-0.3, -0.25) is 19.4 Å². The van der Waals surface area contributed by atoms with Gasteiger partial charge in [-0.25, -0.2) is 9.18 Å². The lowest BCUT2D eigenvalue weighted by Crippen LogP contribution is -2.44. The van der Waals surface area contributed by atoms with E-state index in [-0.39, 0.29) is 36.2 Å². The Kier molecular flexibility index (Phi) is 10.6. The Labute approximate surface area is 236 Å². The molecule has 0 saturated heterocycles. The van der Waals surface area contributed by atoms with Crippen LogP contribution in [0.2, 0.25) is 0 Å². The van der Waals surface area contributed by atoms with Crippen LogP contribution in [0.5, 0.6) is 5.75 Å². The molecule has 3 heterocycles. The number of nitrogens with one attached hydrogen (secondary N) is 3. The normalized spacial score (nSPS) is 12.0. The zero-order chi connectivity index (χ0) is 30.1. The van der Waals surface area contributed by atoms with Crippen molar-refractivity contribution in [1.29, 1.82) is 0 Å². The zero-order valence-electron chi connectivity index (χ0n) is 23.7. The van der Waals surface area contributed by atoms with Crippen molar-refractivity contribution in [2.75, 3.05) is 33.1 Å². The molecular formula is C28H35FN6O6. The van der Waals surface area contributed by atoms with Gasteiger partial charge in [0.05, 0.1) is 32.0 Å². The number of hydrogen-bond donors (Lipinski definition) is 3. The summed E-state index contributed by atoms with van der Waals surface area (Å²) in [4.78, 5) is 58.4. The number of H-pyrrole nitrogens is 1. The number of fused-ring (bicyclic) bond motifs is 1. The van der Waals surface area contributed by atoms with Gasteiger partial charge in [0.2, 0.25) is 11.8 Å². The van der Waals surface area contributed by atoms with E-state index in [1.807, 2.05) is 13.8 Å².